The molecule has 0 saturated heterocycles. The van der Waals surface area contributed by atoms with Crippen LogP contribution in [0.25, 0.3) is 0 Å². The maximum absolute atomic E-state index is 11.0. The van der Waals surface area contributed by atoms with Gasteiger partial charge in [0, 0.05) is 5.57 Å². The predicted octanol–water partition coefficient (Wildman–Crippen LogP) is 4.82. The Balaban J connectivity index is 1.77. The SMILES string of the molecule is C=C(C(=O)O)C1CCC(C2CCC(/C=C/C)CC2)CC1. The summed E-state index contributed by atoms with van der Waals surface area (Å²) in [7, 11) is 0. The lowest BCUT2D eigenvalue weighted by atomic mass is 9.68. The molecule has 112 valence electrons. The van der Waals surface area contributed by atoms with Crippen molar-refractivity contribution in [1.29, 1.82) is 0 Å². The zero-order valence-electron chi connectivity index (χ0n) is 12.7. The zero-order valence-corrected chi connectivity index (χ0v) is 12.7. The van der Waals surface area contributed by atoms with Crippen molar-refractivity contribution >= 4 is 5.97 Å². The maximum atomic E-state index is 11.0. The van der Waals surface area contributed by atoms with Crippen molar-refractivity contribution < 1.29 is 9.90 Å². The van der Waals surface area contributed by atoms with E-state index >= 15 is 0 Å². The minimum atomic E-state index is -0.805. The average molecular weight is 276 g/mol. The molecule has 0 aromatic carbocycles. The van der Waals surface area contributed by atoms with Crippen molar-refractivity contribution in [1.82, 2.24) is 0 Å². The summed E-state index contributed by atoms with van der Waals surface area (Å²) in [5.74, 6) is 1.94. The topological polar surface area (TPSA) is 37.3 Å². The Morgan fingerprint density at radius 3 is 1.95 bits per heavy atom. The molecule has 20 heavy (non-hydrogen) atoms. The molecule has 2 rings (SSSR count). The van der Waals surface area contributed by atoms with E-state index in [1.165, 1.54) is 38.5 Å². The quantitative estimate of drug-likeness (QED) is 0.590. The first kappa shape index (κ1) is 15.3. The summed E-state index contributed by atoms with van der Waals surface area (Å²) in [4.78, 5) is 11.0. The molecular weight excluding hydrogens is 248 g/mol. The highest BCUT2D eigenvalue weighted by Gasteiger charge is 2.32. The van der Waals surface area contributed by atoms with E-state index in [0.717, 1.165) is 30.6 Å². The number of allylic oxidation sites excluding steroid dienone is 2. The molecule has 0 heterocycles. The van der Waals surface area contributed by atoms with Crippen LogP contribution in [0.1, 0.15) is 58.3 Å². The molecule has 2 heteroatoms. The highest BCUT2D eigenvalue weighted by molar-refractivity contribution is 5.86. The second-order valence-electron chi connectivity index (χ2n) is 6.64. The van der Waals surface area contributed by atoms with Gasteiger partial charge in [0.1, 0.15) is 0 Å². The van der Waals surface area contributed by atoms with Gasteiger partial charge >= 0.3 is 5.97 Å². The number of carbonyl (C=O) groups is 1. The van der Waals surface area contributed by atoms with Gasteiger partial charge in [0.2, 0.25) is 0 Å². The molecule has 2 aliphatic carbocycles. The fraction of sp³-hybridized carbons (Fsp3) is 0.722. The van der Waals surface area contributed by atoms with Gasteiger partial charge in [0.25, 0.3) is 0 Å². The Hall–Kier alpha value is -1.05. The number of rotatable bonds is 4. The number of hydrogen-bond acceptors (Lipinski definition) is 1. The molecule has 0 aromatic rings. The van der Waals surface area contributed by atoms with Gasteiger partial charge < -0.3 is 5.11 Å². The Morgan fingerprint density at radius 1 is 1.00 bits per heavy atom. The van der Waals surface area contributed by atoms with E-state index in [2.05, 4.69) is 25.7 Å². The van der Waals surface area contributed by atoms with Crippen LogP contribution in [0.2, 0.25) is 0 Å². The molecule has 0 spiro atoms. The lowest BCUT2D eigenvalue weighted by Crippen LogP contribution is -2.27. The molecule has 0 unspecified atom stereocenters. The zero-order chi connectivity index (χ0) is 14.5. The molecule has 1 N–H and O–H groups in total. The molecule has 2 saturated carbocycles. The fourth-order valence-electron chi connectivity index (χ4n) is 4.19. The number of carboxylic acid groups (broad SMARTS) is 1. The van der Waals surface area contributed by atoms with Gasteiger partial charge in [-0.1, -0.05) is 18.7 Å². The lowest BCUT2D eigenvalue weighted by molar-refractivity contribution is -0.133. The van der Waals surface area contributed by atoms with E-state index in [1.807, 2.05) is 0 Å². The van der Waals surface area contributed by atoms with Crippen molar-refractivity contribution in [3.8, 4) is 0 Å². The third kappa shape index (κ3) is 3.74. The molecule has 0 aromatic heterocycles. The molecular formula is C18H28O2. The second kappa shape index (κ2) is 7.10. The van der Waals surface area contributed by atoms with Crippen molar-refractivity contribution in [3.05, 3.63) is 24.3 Å². The van der Waals surface area contributed by atoms with Gasteiger partial charge in [0.15, 0.2) is 0 Å². The van der Waals surface area contributed by atoms with Crippen LogP contribution in [-0.2, 0) is 4.79 Å². The molecule has 0 bridgehead atoms. The second-order valence-corrected chi connectivity index (χ2v) is 6.64. The van der Waals surface area contributed by atoms with Crippen LogP contribution in [0, 0.1) is 23.7 Å². The third-order valence-corrected chi connectivity index (χ3v) is 5.49. The molecule has 0 aliphatic heterocycles. The molecule has 0 atom stereocenters. The lowest BCUT2D eigenvalue weighted by Gasteiger charge is -2.37. The molecule has 2 aliphatic rings. The summed E-state index contributed by atoms with van der Waals surface area (Å²) < 4.78 is 0. The van der Waals surface area contributed by atoms with Crippen LogP contribution in [0.5, 0.6) is 0 Å². The molecule has 0 amide bonds. The van der Waals surface area contributed by atoms with E-state index < -0.39 is 5.97 Å². The number of hydrogen-bond donors (Lipinski definition) is 1. The van der Waals surface area contributed by atoms with Crippen LogP contribution in [0.15, 0.2) is 24.3 Å². The number of aliphatic carboxylic acids is 1. The Labute approximate surface area is 123 Å². The van der Waals surface area contributed by atoms with Crippen LogP contribution in [0.3, 0.4) is 0 Å². The van der Waals surface area contributed by atoms with E-state index in [1.54, 1.807) is 0 Å². The van der Waals surface area contributed by atoms with Gasteiger partial charge in [0.05, 0.1) is 0 Å². The maximum Gasteiger partial charge on any atom is 0.331 e. The minimum Gasteiger partial charge on any atom is -0.478 e. The van der Waals surface area contributed by atoms with Crippen LogP contribution in [-0.4, -0.2) is 11.1 Å². The molecule has 0 radical (unpaired) electrons. The fourth-order valence-corrected chi connectivity index (χ4v) is 4.19. The molecule has 2 fully saturated rings. The summed E-state index contributed by atoms with van der Waals surface area (Å²) in [6, 6.07) is 0. The normalized spacial score (nSPS) is 35.0. The summed E-state index contributed by atoms with van der Waals surface area (Å²) in [6.07, 6.45) is 14.4. The monoisotopic (exact) mass is 276 g/mol. The standard InChI is InChI=1S/C18H28O2/c1-3-4-14-5-7-16(8-6-14)17-11-9-15(10-12-17)13(2)18(19)20/h3-4,14-17H,2,5-12H2,1H3,(H,19,20)/b4-3+. The third-order valence-electron chi connectivity index (χ3n) is 5.49. The molecule has 2 nitrogen and oxygen atoms in total. The van der Waals surface area contributed by atoms with E-state index in [9.17, 15) is 4.79 Å². The minimum absolute atomic E-state index is 0.225. The van der Waals surface area contributed by atoms with Crippen LogP contribution < -0.4 is 0 Å². The highest BCUT2D eigenvalue weighted by Crippen LogP contribution is 2.42. The van der Waals surface area contributed by atoms with Gasteiger partial charge in [-0.2, -0.15) is 0 Å². The largest absolute Gasteiger partial charge is 0.478 e. The van der Waals surface area contributed by atoms with Crippen molar-refractivity contribution in [3.63, 3.8) is 0 Å². The van der Waals surface area contributed by atoms with Crippen molar-refractivity contribution in [2.75, 3.05) is 0 Å². The van der Waals surface area contributed by atoms with Crippen LogP contribution in [0.4, 0.5) is 0 Å². The highest BCUT2D eigenvalue weighted by atomic mass is 16.4. The summed E-state index contributed by atoms with van der Waals surface area (Å²) in [6.45, 7) is 5.85. The van der Waals surface area contributed by atoms with Crippen molar-refractivity contribution in [2.24, 2.45) is 23.7 Å². The average Bonchev–Trinajstić information content (AvgIpc) is 2.48. The first-order chi connectivity index (χ1) is 9.61. The summed E-state index contributed by atoms with van der Waals surface area (Å²) in [5, 5.41) is 9.02. The Bertz CT molecular complexity index is 367. The first-order valence-electron chi connectivity index (χ1n) is 8.16. The van der Waals surface area contributed by atoms with Gasteiger partial charge in [-0.15, -0.1) is 0 Å². The van der Waals surface area contributed by atoms with Crippen LogP contribution >= 0.6 is 0 Å². The van der Waals surface area contributed by atoms with Gasteiger partial charge in [-0.05, 0) is 82.0 Å². The predicted molar refractivity (Wildman–Crippen MR) is 82.5 cm³/mol. The summed E-state index contributed by atoms with van der Waals surface area (Å²) >= 11 is 0. The Kier molecular flexibility index (Phi) is 5.45. The van der Waals surface area contributed by atoms with E-state index in [-0.39, 0.29) is 5.92 Å². The first-order valence-corrected chi connectivity index (χ1v) is 8.16. The number of carboxylic acids is 1. The summed E-state index contributed by atoms with van der Waals surface area (Å²) in [5.41, 5.74) is 0.431. The smallest absolute Gasteiger partial charge is 0.331 e. The van der Waals surface area contributed by atoms with Crippen molar-refractivity contribution in [2.45, 2.75) is 58.3 Å². The Morgan fingerprint density at radius 2 is 1.50 bits per heavy atom. The van der Waals surface area contributed by atoms with E-state index in [4.69, 9.17) is 5.11 Å². The van der Waals surface area contributed by atoms with Gasteiger partial charge in [-0.3, -0.25) is 0 Å². The van der Waals surface area contributed by atoms with Gasteiger partial charge in [-0.25, -0.2) is 4.79 Å². The van der Waals surface area contributed by atoms with E-state index in [0.29, 0.717) is 5.57 Å².